The molecule has 0 unspecified atom stereocenters. The molecular weight excluding hydrogens is 334 g/mol. The van der Waals surface area contributed by atoms with Gasteiger partial charge in [0.25, 0.3) is 0 Å². The average Bonchev–Trinajstić information content (AvgIpc) is 2.89. The van der Waals surface area contributed by atoms with Gasteiger partial charge in [-0.25, -0.2) is 4.79 Å². The van der Waals surface area contributed by atoms with Crippen LogP contribution in [0.4, 0.5) is 0 Å². The van der Waals surface area contributed by atoms with Crippen molar-refractivity contribution in [1.29, 1.82) is 0 Å². The lowest BCUT2D eigenvalue weighted by Crippen LogP contribution is -2.07. The van der Waals surface area contributed by atoms with Gasteiger partial charge in [-0.1, -0.05) is 25.1 Å². The summed E-state index contributed by atoms with van der Waals surface area (Å²) < 4.78 is 1.96. The van der Waals surface area contributed by atoms with Crippen molar-refractivity contribution in [3.05, 3.63) is 64.8 Å². The van der Waals surface area contributed by atoms with Crippen LogP contribution in [-0.2, 0) is 24.2 Å². The largest absolute Gasteiger partial charge is 0.508 e. The summed E-state index contributed by atoms with van der Waals surface area (Å²) >= 11 is 0. The van der Waals surface area contributed by atoms with E-state index in [0.29, 0.717) is 29.4 Å². The Hall–Kier alpha value is -3.28. The van der Waals surface area contributed by atoms with Gasteiger partial charge in [0.15, 0.2) is 0 Å². The number of aliphatic carboxylic acids is 1. The van der Waals surface area contributed by atoms with Gasteiger partial charge in [-0.2, -0.15) is 0 Å². The molecule has 6 heteroatoms. The molecule has 3 rings (SSSR count). The zero-order chi connectivity index (χ0) is 18.8. The van der Waals surface area contributed by atoms with E-state index in [0.717, 1.165) is 11.3 Å². The van der Waals surface area contributed by atoms with Crippen molar-refractivity contribution in [1.82, 2.24) is 4.57 Å². The number of nitrogens with zero attached hydrogens (tertiary/aromatic N) is 1. The number of phenolic OH excluding ortho intramolecular Hbond substituents is 1. The molecule has 6 nitrogen and oxygen atoms in total. The van der Waals surface area contributed by atoms with Crippen LogP contribution in [0.25, 0.3) is 10.9 Å². The molecule has 0 aliphatic carbocycles. The first-order valence-electron chi connectivity index (χ1n) is 8.28. The van der Waals surface area contributed by atoms with Gasteiger partial charge in [-0.3, -0.25) is 4.79 Å². The first-order valence-corrected chi connectivity index (χ1v) is 8.28. The zero-order valence-corrected chi connectivity index (χ0v) is 14.3. The highest BCUT2D eigenvalue weighted by Gasteiger charge is 2.22. The highest BCUT2D eigenvalue weighted by molar-refractivity contribution is 6.06. The molecule has 134 valence electrons. The molecule has 0 amide bonds. The third-order valence-corrected chi connectivity index (χ3v) is 4.48. The number of fused-ring (bicyclic) bond motifs is 1. The van der Waals surface area contributed by atoms with Gasteiger partial charge >= 0.3 is 11.9 Å². The number of carboxylic acids is 2. The molecule has 26 heavy (non-hydrogen) atoms. The summed E-state index contributed by atoms with van der Waals surface area (Å²) in [5.74, 6) is -1.91. The number of aromatic carboxylic acids is 1. The monoisotopic (exact) mass is 353 g/mol. The van der Waals surface area contributed by atoms with E-state index in [4.69, 9.17) is 0 Å². The topological polar surface area (TPSA) is 99.8 Å². The molecular formula is C20H19NO5. The van der Waals surface area contributed by atoms with Crippen molar-refractivity contribution >= 4 is 22.8 Å². The molecule has 1 aromatic heterocycles. The summed E-state index contributed by atoms with van der Waals surface area (Å²) in [7, 11) is 0. The Balaban J connectivity index is 2.27. The van der Waals surface area contributed by atoms with Gasteiger partial charge in [-0.05, 0) is 41.8 Å². The molecule has 0 aliphatic rings. The van der Waals surface area contributed by atoms with Crippen LogP contribution in [-0.4, -0.2) is 31.8 Å². The number of benzene rings is 2. The minimum Gasteiger partial charge on any atom is -0.508 e. The van der Waals surface area contributed by atoms with E-state index in [-0.39, 0.29) is 17.7 Å². The summed E-state index contributed by atoms with van der Waals surface area (Å²) in [4.78, 5) is 23.1. The van der Waals surface area contributed by atoms with Gasteiger partial charge in [0.05, 0.1) is 12.0 Å². The molecule has 2 aromatic carbocycles. The number of carboxylic acid groups (broad SMARTS) is 2. The van der Waals surface area contributed by atoms with Crippen molar-refractivity contribution < 1.29 is 24.9 Å². The third-order valence-electron chi connectivity index (χ3n) is 4.48. The lowest BCUT2D eigenvalue weighted by molar-refractivity contribution is -0.136. The molecule has 0 atom stereocenters. The van der Waals surface area contributed by atoms with Crippen LogP contribution < -0.4 is 0 Å². The van der Waals surface area contributed by atoms with Gasteiger partial charge in [0.2, 0.25) is 0 Å². The Morgan fingerprint density at radius 1 is 1.04 bits per heavy atom. The summed E-state index contributed by atoms with van der Waals surface area (Å²) in [6.45, 7) is 2.38. The maximum Gasteiger partial charge on any atom is 0.336 e. The smallest absolute Gasteiger partial charge is 0.336 e. The number of hydrogen-bond acceptors (Lipinski definition) is 3. The number of aromatic nitrogens is 1. The van der Waals surface area contributed by atoms with E-state index in [1.54, 1.807) is 30.3 Å². The lowest BCUT2D eigenvalue weighted by Gasteiger charge is -2.11. The Bertz CT molecular complexity index is 986. The maximum atomic E-state index is 11.7. The first-order chi connectivity index (χ1) is 12.4. The van der Waals surface area contributed by atoms with Crippen molar-refractivity contribution in [2.24, 2.45) is 0 Å². The van der Waals surface area contributed by atoms with E-state index in [1.165, 1.54) is 6.07 Å². The maximum absolute atomic E-state index is 11.7. The van der Waals surface area contributed by atoms with E-state index in [2.05, 4.69) is 0 Å². The fourth-order valence-electron chi connectivity index (χ4n) is 3.42. The third kappa shape index (κ3) is 3.13. The van der Waals surface area contributed by atoms with Crippen molar-refractivity contribution in [3.63, 3.8) is 0 Å². The molecule has 0 bridgehead atoms. The second-order valence-corrected chi connectivity index (χ2v) is 6.11. The van der Waals surface area contributed by atoms with E-state index in [1.807, 2.05) is 17.6 Å². The second kappa shape index (κ2) is 6.92. The van der Waals surface area contributed by atoms with Gasteiger partial charge in [-0.15, -0.1) is 0 Å². The average molecular weight is 353 g/mol. The Labute approximate surface area is 149 Å². The highest BCUT2D eigenvalue weighted by Crippen LogP contribution is 2.31. The fourth-order valence-corrected chi connectivity index (χ4v) is 3.42. The molecule has 0 saturated carbocycles. The predicted molar refractivity (Wildman–Crippen MR) is 96.8 cm³/mol. The van der Waals surface area contributed by atoms with Crippen molar-refractivity contribution in [2.45, 2.75) is 26.3 Å². The van der Waals surface area contributed by atoms with Crippen molar-refractivity contribution in [2.75, 3.05) is 0 Å². The van der Waals surface area contributed by atoms with Crippen LogP contribution in [0.2, 0.25) is 0 Å². The Kier molecular flexibility index (Phi) is 4.67. The standard InChI is InChI=1S/C20H19NO5/c1-2-16-15(10-18(23)24)19-14(20(25)26)4-3-5-17(19)21(16)11-12-6-8-13(22)9-7-12/h3-9,22H,2,10-11H2,1H3,(H,23,24)(H,25,26). The van der Waals surface area contributed by atoms with E-state index < -0.39 is 11.9 Å². The molecule has 0 radical (unpaired) electrons. The molecule has 3 N–H and O–H groups in total. The summed E-state index contributed by atoms with van der Waals surface area (Å²) in [5, 5.41) is 28.8. The predicted octanol–water partition coefficient (Wildman–Crippen LogP) is 3.28. The van der Waals surface area contributed by atoms with Crippen molar-refractivity contribution in [3.8, 4) is 5.75 Å². The normalized spacial score (nSPS) is 11.0. The number of aromatic hydroxyl groups is 1. The first kappa shape index (κ1) is 17.5. The molecule has 0 saturated heterocycles. The van der Waals surface area contributed by atoms with Crippen LogP contribution in [0, 0.1) is 0 Å². The summed E-state index contributed by atoms with van der Waals surface area (Å²) in [5.41, 5.74) is 3.09. The van der Waals surface area contributed by atoms with Crippen LogP contribution >= 0.6 is 0 Å². The zero-order valence-electron chi connectivity index (χ0n) is 14.3. The lowest BCUT2D eigenvalue weighted by atomic mass is 10.0. The second-order valence-electron chi connectivity index (χ2n) is 6.11. The summed E-state index contributed by atoms with van der Waals surface area (Å²) in [6, 6.07) is 11.7. The SMILES string of the molecule is CCc1c(CC(=O)O)c2c(C(=O)O)cccc2n1Cc1ccc(O)cc1. The van der Waals surface area contributed by atoms with Crippen LogP contribution in [0.5, 0.6) is 5.75 Å². The minimum atomic E-state index is -1.08. The summed E-state index contributed by atoms with van der Waals surface area (Å²) in [6.07, 6.45) is 0.348. The van der Waals surface area contributed by atoms with Gasteiger partial charge in [0.1, 0.15) is 5.75 Å². The number of phenols is 1. The molecule has 1 heterocycles. The minimum absolute atomic E-state index is 0.109. The number of carbonyl (C=O) groups is 2. The van der Waals surface area contributed by atoms with E-state index >= 15 is 0 Å². The Morgan fingerprint density at radius 2 is 1.73 bits per heavy atom. The number of hydrogen-bond donors (Lipinski definition) is 3. The quantitative estimate of drug-likeness (QED) is 0.631. The van der Waals surface area contributed by atoms with E-state index in [9.17, 15) is 24.9 Å². The molecule has 0 spiro atoms. The molecule has 0 fully saturated rings. The fraction of sp³-hybridized carbons (Fsp3) is 0.200. The van der Waals surface area contributed by atoms with Crippen LogP contribution in [0.15, 0.2) is 42.5 Å². The molecule has 3 aromatic rings. The van der Waals surface area contributed by atoms with Gasteiger partial charge < -0.3 is 19.9 Å². The molecule has 0 aliphatic heterocycles. The Morgan fingerprint density at radius 3 is 2.31 bits per heavy atom. The highest BCUT2D eigenvalue weighted by atomic mass is 16.4. The van der Waals surface area contributed by atoms with Gasteiger partial charge in [0, 0.05) is 23.1 Å². The van der Waals surface area contributed by atoms with Crippen LogP contribution in [0.1, 0.15) is 34.1 Å². The van der Waals surface area contributed by atoms with Crippen LogP contribution in [0.3, 0.4) is 0 Å². The number of rotatable bonds is 6.